The third-order valence-corrected chi connectivity index (χ3v) is 4.96. The van der Waals surface area contributed by atoms with Crippen LogP contribution < -0.4 is 5.32 Å². The van der Waals surface area contributed by atoms with Gasteiger partial charge in [0.15, 0.2) is 0 Å². The molecule has 0 radical (unpaired) electrons. The maximum absolute atomic E-state index is 4.31. The summed E-state index contributed by atoms with van der Waals surface area (Å²) < 4.78 is 0. The van der Waals surface area contributed by atoms with Crippen molar-refractivity contribution in [3.05, 3.63) is 16.1 Å². The molecule has 0 saturated carbocycles. The normalized spacial score (nSPS) is 29.8. The van der Waals surface area contributed by atoms with Gasteiger partial charge >= 0.3 is 0 Å². The van der Waals surface area contributed by atoms with Crippen molar-refractivity contribution in [1.82, 2.24) is 15.2 Å². The second-order valence-electron chi connectivity index (χ2n) is 5.05. The highest BCUT2D eigenvalue weighted by Gasteiger charge is 2.35. The van der Waals surface area contributed by atoms with Gasteiger partial charge in [-0.3, -0.25) is 0 Å². The molecule has 2 saturated heterocycles. The number of thiazole rings is 1. The smallest absolute Gasteiger partial charge is 0.0797 e. The van der Waals surface area contributed by atoms with E-state index in [1.54, 1.807) is 11.3 Å². The molecule has 0 aliphatic carbocycles. The molecule has 2 aliphatic rings. The number of likely N-dealkylation sites (tertiary alicyclic amines) is 1. The molecule has 0 amide bonds. The first-order valence-electron chi connectivity index (χ1n) is 6.15. The monoisotopic (exact) mass is 237 g/mol. The molecule has 1 N–H and O–H groups in total. The topological polar surface area (TPSA) is 28.2 Å². The molecule has 0 unspecified atom stereocenters. The second-order valence-corrected chi connectivity index (χ2v) is 5.99. The van der Waals surface area contributed by atoms with Crippen molar-refractivity contribution in [3.8, 4) is 0 Å². The van der Waals surface area contributed by atoms with Gasteiger partial charge in [-0.05, 0) is 38.3 Å². The van der Waals surface area contributed by atoms with E-state index in [4.69, 9.17) is 0 Å². The lowest BCUT2D eigenvalue weighted by Crippen LogP contribution is -2.27. The molecule has 16 heavy (non-hydrogen) atoms. The number of aromatic nitrogens is 1. The minimum atomic E-state index is 0.919. The highest BCUT2D eigenvalue weighted by atomic mass is 32.1. The largest absolute Gasteiger partial charge is 0.316 e. The molecule has 88 valence electrons. The minimum Gasteiger partial charge on any atom is -0.316 e. The summed E-state index contributed by atoms with van der Waals surface area (Å²) in [6.45, 7) is 8.41. The average Bonchev–Trinajstić information content (AvgIpc) is 2.89. The number of aryl methyl sites for hydroxylation is 1. The quantitative estimate of drug-likeness (QED) is 0.854. The lowest BCUT2D eigenvalue weighted by Gasteiger charge is -2.16. The van der Waals surface area contributed by atoms with Crippen molar-refractivity contribution in [2.75, 3.05) is 32.7 Å². The van der Waals surface area contributed by atoms with Gasteiger partial charge in [0.05, 0.1) is 11.2 Å². The summed E-state index contributed by atoms with van der Waals surface area (Å²) in [6.07, 6.45) is 1.18. The summed E-state index contributed by atoms with van der Waals surface area (Å²) in [6, 6.07) is 0. The van der Waals surface area contributed by atoms with Gasteiger partial charge in [0.2, 0.25) is 0 Å². The third kappa shape index (κ3) is 2.01. The molecule has 2 atom stereocenters. The van der Waals surface area contributed by atoms with Gasteiger partial charge in [-0.25, -0.2) is 4.98 Å². The summed E-state index contributed by atoms with van der Waals surface area (Å²) in [5.74, 6) is 1.84. The van der Waals surface area contributed by atoms with Crippen molar-refractivity contribution in [3.63, 3.8) is 0 Å². The van der Waals surface area contributed by atoms with Crippen molar-refractivity contribution in [1.29, 1.82) is 0 Å². The molecule has 1 aromatic heterocycles. The first-order valence-corrected chi connectivity index (χ1v) is 7.03. The molecule has 0 spiro atoms. The number of fused-ring (bicyclic) bond motifs is 1. The predicted molar refractivity (Wildman–Crippen MR) is 66.8 cm³/mol. The van der Waals surface area contributed by atoms with E-state index in [9.17, 15) is 0 Å². The maximum atomic E-state index is 4.31. The summed E-state index contributed by atoms with van der Waals surface area (Å²) >= 11 is 1.80. The van der Waals surface area contributed by atoms with E-state index in [1.165, 1.54) is 49.7 Å². The Kier molecular flexibility index (Phi) is 2.96. The lowest BCUT2D eigenvalue weighted by atomic mass is 10.0. The molecule has 3 rings (SSSR count). The molecular weight excluding hydrogens is 218 g/mol. The van der Waals surface area contributed by atoms with E-state index < -0.39 is 0 Å². The van der Waals surface area contributed by atoms with Crippen LogP contribution in [0, 0.1) is 18.8 Å². The number of rotatable bonds is 3. The predicted octanol–water partition coefficient (Wildman–Crippen LogP) is 1.15. The van der Waals surface area contributed by atoms with Gasteiger partial charge in [-0.2, -0.15) is 0 Å². The Labute approximate surface area is 101 Å². The van der Waals surface area contributed by atoms with Gasteiger partial charge in [0, 0.05) is 24.5 Å². The van der Waals surface area contributed by atoms with Crippen LogP contribution in [0.25, 0.3) is 0 Å². The minimum absolute atomic E-state index is 0.919. The Morgan fingerprint density at radius 3 is 2.81 bits per heavy atom. The zero-order valence-corrected chi connectivity index (χ0v) is 10.6. The fraction of sp³-hybridized carbons (Fsp3) is 0.750. The van der Waals surface area contributed by atoms with E-state index in [1.807, 2.05) is 5.51 Å². The van der Waals surface area contributed by atoms with Crippen molar-refractivity contribution in [2.45, 2.75) is 13.3 Å². The van der Waals surface area contributed by atoms with E-state index in [0.717, 1.165) is 11.8 Å². The molecule has 2 aliphatic heterocycles. The van der Waals surface area contributed by atoms with Gasteiger partial charge in [0.25, 0.3) is 0 Å². The van der Waals surface area contributed by atoms with Gasteiger partial charge in [-0.1, -0.05) is 0 Å². The second kappa shape index (κ2) is 4.43. The first-order chi connectivity index (χ1) is 7.83. The van der Waals surface area contributed by atoms with E-state index >= 15 is 0 Å². The summed E-state index contributed by atoms with van der Waals surface area (Å²) in [4.78, 5) is 8.41. The molecule has 4 heteroatoms. The molecule has 0 aromatic carbocycles. The highest BCUT2D eigenvalue weighted by molar-refractivity contribution is 7.09. The van der Waals surface area contributed by atoms with Crippen molar-refractivity contribution < 1.29 is 0 Å². The average molecular weight is 237 g/mol. The van der Waals surface area contributed by atoms with Gasteiger partial charge < -0.3 is 10.2 Å². The van der Waals surface area contributed by atoms with Crippen LogP contribution in [0.2, 0.25) is 0 Å². The molecule has 3 nitrogen and oxygen atoms in total. The Bertz CT molecular complexity index is 351. The fourth-order valence-corrected chi connectivity index (χ4v) is 3.73. The van der Waals surface area contributed by atoms with Gasteiger partial charge in [0.1, 0.15) is 0 Å². The van der Waals surface area contributed by atoms with Crippen LogP contribution in [-0.2, 0) is 6.42 Å². The zero-order valence-electron chi connectivity index (χ0n) is 9.78. The van der Waals surface area contributed by atoms with Gasteiger partial charge in [-0.15, -0.1) is 11.3 Å². The Morgan fingerprint density at radius 1 is 1.44 bits per heavy atom. The molecular formula is C12H19N3S. The maximum Gasteiger partial charge on any atom is 0.0797 e. The van der Waals surface area contributed by atoms with Crippen LogP contribution >= 0.6 is 11.3 Å². The molecule has 1 aromatic rings. The van der Waals surface area contributed by atoms with Crippen LogP contribution in [0.4, 0.5) is 0 Å². The Morgan fingerprint density at radius 2 is 2.19 bits per heavy atom. The SMILES string of the molecule is Cc1ncsc1CCN1C[C@H]2CNC[C@H]2C1. The van der Waals surface area contributed by atoms with Crippen molar-refractivity contribution in [2.24, 2.45) is 11.8 Å². The number of hydrogen-bond acceptors (Lipinski definition) is 4. The lowest BCUT2D eigenvalue weighted by molar-refractivity contribution is 0.318. The van der Waals surface area contributed by atoms with E-state index in [-0.39, 0.29) is 0 Å². The summed E-state index contributed by atoms with van der Waals surface area (Å²) in [5.41, 5.74) is 3.19. The van der Waals surface area contributed by atoms with Crippen molar-refractivity contribution >= 4 is 11.3 Å². The first kappa shape index (κ1) is 10.7. The number of nitrogens with zero attached hydrogens (tertiary/aromatic N) is 2. The van der Waals surface area contributed by atoms with E-state index in [0.29, 0.717) is 0 Å². The van der Waals surface area contributed by atoms with Crippen LogP contribution in [0.5, 0.6) is 0 Å². The summed E-state index contributed by atoms with van der Waals surface area (Å²) in [7, 11) is 0. The zero-order chi connectivity index (χ0) is 11.0. The standard InChI is InChI=1S/C12H19N3S/c1-9-12(16-8-14-9)2-3-15-6-10-4-13-5-11(10)7-15/h8,10-11,13H,2-7H2,1H3/t10-,11+. The molecule has 2 fully saturated rings. The van der Waals surface area contributed by atoms with E-state index in [2.05, 4.69) is 22.1 Å². The Hall–Kier alpha value is -0.450. The summed E-state index contributed by atoms with van der Waals surface area (Å²) in [5, 5.41) is 3.49. The van der Waals surface area contributed by atoms with Crippen LogP contribution in [-0.4, -0.2) is 42.6 Å². The fourth-order valence-electron chi connectivity index (χ4n) is 2.96. The molecule has 3 heterocycles. The third-order valence-electron chi connectivity index (χ3n) is 3.97. The Balaban J connectivity index is 1.52. The highest BCUT2D eigenvalue weighted by Crippen LogP contribution is 2.26. The van der Waals surface area contributed by atoms with Crippen LogP contribution in [0.3, 0.4) is 0 Å². The number of hydrogen-bond donors (Lipinski definition) is 1. The molecule has 0 bridgehead atoms. The van der Waals surface area contributed by atoms with Crippen LogP contribution in [0.1, 0.15) is 10.6 Å². The van der Waals surface area contributed by atoms with Crippen LogP contribution in [0.15, 0.2) is 5.51 Å². The number of nitrogens with one attached hydrogen (secondary N) is 1.